The topological polar surface area (TPSA) is 50.4 Å². The van der Waals surface area contributed by atoms with Crippen LogP contribution in [0.5, 0.6) is 0 Å². The molecule has 4 nitrogen and oxygen atoms in total. The van der Waals surface area contributed by atoms with Crippen LogP contribution in [-0.2, 0) is 0 Å². The van der Waals surface area contributed by atoms with Crippen LogP contribution in [0, 0.1) is 13.8 Å². The van der Waals surface area contributed by atoms with Gasteiger partial charge in [0.15, 0.2) is 5.65 Å². The monoisotopic (exact) mass is 191 g/mol. The summed E-state index contributed by atoms with van der Waals surface area (Å²) in [7, 11) is 0. The van der Waals surface area contributed by atoms with Crippen LogP contribution in [0.1, 0.15) is 30.0 Å². The number of nitrogens with zero attached hydrogens (tertiary/aromatic N) is 3. The first-order valence-electron chi connectivity index (χ1n) is 4.60. The SMILES string of the molecule is Cc1nn2ccc(C(C)O)nc2c1C. The second-order valence-electron chi connectivity index (χ2n) is 3.51. The maximum Gasteiger partial charge on any atom is 0.158 e. The first-order chi connectivity index (χ1) is 6.59. The van der Waals surface area contributed by atoms with Crippen molar-refractivity contribution in [2.45, 2.75) is 26.9 Å². The molecule has 0 saturated carbocycles. The summed E-state index contributed by atoms with van der Waals surface area (Å²) in [6, 6.07) is 1.78. The molecule has 0 aliphatic carbocycles. The first-order valence-corrected chi connectivity index (χ1v) is 4.60. The van der Waals surface area contributed by atoms with Crippen molar-refractivity contribution in [1.29, 1.82) is 0 Å². The molecule has 1 unspecified atom stereocenters. The van der Waals surface area contributed by atoms with Crippen LogP contribution in [0.2, 0.25) is 0 Å². The van der Waals surface area contributed by atoms with Gasteiger partial charge < -0.3 is 5.11 Å². The molecule has 14 heavy (non-hydrogen) atoms. The average Bonchev–Trinajstić information content (AvgIpc) is 2.43. The van der Waals surface area contributed by atoms with Crippen molar-refractivity contribution in [2.75, 3.05) is 0 Å². The molecule has 0 radical (unpaired) electrons. The van der Waals surface area contributed by atoms with Gasteiger partial charge in [0, 0.05) is 11.8 Å². The number of aromatic nitrogens is 3. The highest BCUT2D eigenvalue weighted by Gasteiger charge is 2.08. The van der Waals surface area contributed by atoms with E-state index in [2.05, 4.69) is 10.1 Å². The van der Waals surface area contributed by atoms with Crippen LogP contribution in [0.4, 0.5) is 0 Å². The standard InChI is InChI=1S/C10H13N3O/c1-6-7(2)12-13-5-4-9(8(3)14)11-10(6)13/h4-5,8,14H,1-3H3. The van der Waals surface area contributed by atoms with Crippen molar-refractivity contribution in [3.8, 4) is 0 Å². The largest absolute Gasteiger partial charge is 0.387 e. The van der Waals surface area contributed by atoms with Crippen molar-refractivity contribution >= 4 is 5.65 Å². The molecular formula is C10H13N3O. The summed E-state index contributed by atoms with van der Waals surface area (Å²) in [5.41, 5.74) is 3.54. The number of hydrogen-bond acceptors (Lipinski definition) is 3. The highest BCUT2D eigenvalue weighted by molar-refractivity contribution is 5.49. The van der Waals surface area contributed by atoms with Gasteiger partial charge in [-0.25, -0.2) is 9.50 Å². The number of aryl methyl sites for hydroxylation is 2. The molecule has 2 heterocycles. The Morgan fingerprint density at radius 3 is 2.79 bits per heavy atom. The maximum atomic E-state index is 9.39. The summed E-state index contributed by atoms with van der Waals surface area (Å²) < 4.78 is 1.73. The molecule has 0 aliphatic heterocycles. The fourth-order valence-electron chi connectivity index (χ4n) is 1.40. The highest BCUT2D eigenvalue weighted by atomic mass is 16.3. The van der Waals surface area contributed by atoms with Gasteiger partial charge in [0.1, 0.15) is 0 Å². The molecule has 74 valence electrons. The van der Waals surface area contributed by atoms with E-state index in [1.807, 2.05) is 20.0 Å². The zero-order valence-electron chi connectivity index (χ0n) is 8.52. The lowest BCUT2D eigenvalue weighted by atomic mass is 10.2. The summed E-state index contributed by atoms with van der Waals surface area (Å²) in [6.07, 6.45) is 1.29. The fourth-order valence-corrected chi connectivity index (χ4v) is 1.40. The van der Waals surface area contributed by atoms with E-state index in [1.165, 1.54) is 0 Å². The van der Waals surface area contributed by atoms with E-state index in [0.29, 0.717) is 5.69 Å². The molecule has 0 amide bonds. The molecule has 0 aromatic carbocycles. The van der Waals surface area contributed by atoms with Gasteiger partial charge in [-0.3, -0.25) is 0 Å². The number of hydrogen-bond donors (Lipinski definition) is 1. The Bertz CT molecular complexity index is 473. The molecule has 1 atom stereocenters. The third kappa shape index (κ3) is 1.28. The normalized spacial score (nSPS) is 13.4. The van der Waals surface area contributed by atoms with Gasteiger partial charge in [0.2, 0.25) is 0 Å². The molecule has 0 bridgehead atoms. The van der Waals surface area contributed by atoms with E-state index >= 15 is 0 Å². The van der Waals surface area contributed by atoms with Crippen molar-refractivity contribution in [1.82, 2.24) is 14.6 Å². The Kier molecular flexibility index (Phi) is 2.00. The molecule has 4 heteroatoms. The minimum Gasteiger partial charge on any atom is -0.387 e. The van der Waals surface area contributed by atoms with Crippen LogP contribution >= 0.6 is 0 Å². The van der Waals surface area contributed by atoms with Crippen LogP contribution in [-0.4, -0.2) is 19.7 Å². The molecule has 0 spiro atoms. The van der Waals surface area contributed by atoms with Crippen molar-refractivity contribution in [2.24, 2.45) is 0 Å². The van der Waals surface area contributed by atoms with Gasteiger partial charge in [0.05, 0.1) is 17.5 Å². The van der Waals surface area contributed by atoms with Crippen molar-refractivity contribution in [3.63, 3.8) is 0 Å². The van der Waals surface area contributed by atoms with Crippen LogP contribution in [0.3, 0.4) is 0 Å². The lowest BCUT2D eigenvalue weighted by Gasteiger charge is -2.03. The fraction of sp³-hybridized carbons (Fsp3) is 0.400. The third-order valence-electron chi connectivity index (χ3n) is 2.40. The van der Waals surface area contributed by atoms with E-state index in [4.69, 9.17) is 0 Å². The van der Waals surface area contributed by atoms with Gasteiger partial charge in [-0.15, -0.1) is 0 Å². The zero-order valence-corrected chi connectivity index (χ0v) is 8.52. The molecule has 1 N–H and O–H groups in total. The van der Waals surface area contributed by atoms with Crippen LogP contribution < -0.4 is 0 Å². The summed E-state index contributed by atoms with van der Waals surface area (Å²) in [4.78, 5) is 4.35. The predicted molar refractivity (Wildman–Crippen MR) is 53.1 cm³/mol. The van der Waals surface area contributed by atoms with Crippen molar-refractivity contribution in [3.05, 3.63) is 29.2 Å². The predicted octanol–water partition coefficient (Wildman–Crippen LogP) is 1.40. The van der Waals surface area contributed by atoms with Gasteiger partial charge in [-0.2, -0.15) is 5.10 Å². The van der Waals surface area contributed by atoms with E-state index < -0.39 is 6.10 Å². The quantitative estimate of drug-likeness (QED) is 0.741. The number of rotatable bonds is 1. The Labute approximate surface area is 82.2 Å². The number of aliphatic hydroxyl groups excluding tert-OH is 1. The minimum absolute atomic E-state index is 0.533. The Hall–Kier alpha value is -1.42. The molecule has 2 aromatic heterocycles. The zero-order chi connectivity index (χ0) is 10.3. The summed E-state index contributed by atoms with van der Waals surface area (Å²) in [6.45, 7) is 5.64. The van der Waals surface area contributed by atoms with E-state index in [9.17, 15) is 5.11 Å². The second-order valence-corrected chi connectivity index (χ2v) is 3.51. The van der Waals surface area contributed by atoms with Gasteiger partial charge in [0.25, 0.3) is 0 Å². The lowest BCUT2D eigenvalue weighted by Crippen LogP contribution is -1.99. The maximum absolute atomic E-state index is 9.39. The number of aliphatic hydroxyl groups is 1. The molecule has 0 saturated heterocycles. The smallest absolute Gasteiger partial charge is 0.158 e. The average molecular weight is 191 g/mol. The van der Waals surface area contributed by atoms with Crippen LogP contribution in [0.15, 0.2) is 12.3 Å². The number of fused-ring (bicyclic) bond motifs is 1. The van der Waals surface area contributed by atoms with E-state index in [-0.39, 0.29) is 0 Å². The minimum atomic E-state index is -0.533. The molecule has 0 aliphatic rings. The summed E-state index contributed by atoms with van der Waals surface area (Å²) in [5.74, 6) is 0. The molecule has 2 rings (SSSR count). The molecular weight excluding hydrogens is 178 g/mol. The molecule has 2 aromatic rings. The third-order valence-corrected chi connectivity index (χ3v) is 2.40. The second kappa shape index (κ2) is 3.06. The van der Waals surface area contributed by atoms with E-state index in [0.717, 1.165) is 16.9 Å². The van der Waals surface area contributed by atoms with Crippen molar-refractivity contribution < 1.29 is 5.11 Å². The first kappa shape index (κ1) is 9.15. The van der Waals surface area contributed by atoms with E-state index in [1.54, 1.807) is 17.5 Å². The van der Waals surface area contributed by atoms with Gasteiger partial charge in [-0.05, 0) is 26.8 Å². The highest BCUT2D eigenvalue weighted by Crippen LogP contribution is 2.15. The Balaban J connectivity index is 2.69. The lowest BCUT2D eigenvalue weighted by molar-refractivity contribution is 0.194. The summed E-state index contributed by atoms with van der Waals surface area (Å²) in [5, 5.41) is 13.7. The Morgan fingerprint density at radius 1 is 1.43 bits per heavy atom. The Morgan fingerprint density at radius 2 is 2.14 bits per heavy atom. The van der Waals surface area contributed by atoms with Gasteiger partial charge in [-0.1, -0.05) is 0 Å². The summed E-state index contributed by atoms with van der Waals surface area (Å²) >= 11 is 0. The van der Waals surface area contributed by atoms with Crippen LogP contribution in [0.25, 0.3) is 5.65 Å². The molecule has 0 fully saturated rings. The van der Waals surface area contributed by atoms with Gasteiger partial charge >= 0.3 is 0 Å².